The van der Waals surface area contributed by atoms with Gasteiger partial charge in [-0.05, 0) is 30.7 Å². The van der Waals surface area contributed by atoms with Crippen LogP contribution in [0.5, 0.6) is 0 Å². The number of hydrogen-bond donors (Lipinski definition) is 1. The zero-order valence-corrected chi connectivity index (χ0v) is 13.2. The molecule has 0 spiro atoms. The van der Waals surface area contributed by atoms with Crippen LogP contribution in [-0.2, 0) is 13.1 Å². The van der Waals surface area contributed by atoms with Gasteiger partial charge in [0.25, 0.3) is 0 Å². The van der Waals surface area contributed by atoms with Crippen molar-refractivity contribution in [3.05, 3.63) is 51.8 Å². The Hall–Kier alpha value is -1.13. The maximum atomic E-state index is 4.54. The van der Waals surface area contributed by atoms with Crippen LogP contribution in [0.15, 0.2) is 34.9 Å². The lowest BCUT2D eigenvalue weighted by Gasteiger charge is -2.13. The Balaban J connectivity index is 2.26. The quantitative estimate of drug-likeness (QED) is 0.912. The van der Waals surface area contributed by atoms with E-state index in [-0.39, 0.29) is 0 Å². The molecule has 2 rings (SSSR count). The molecule has 0 aliphatic carbocycles. The van der Waals surface area contributed by atoms with E-state index in [0.717, 1.165) is 17.6 Å². The van der Waals surface area contributed by atoms with Crippen molar-refractivity contribution < 1.29 is 0 Å². The SMILES string of the molecule is CNCc1cnn(Cc2ccc(Br)cc2)c1C(C)C. The molecule has 2 aromatic rings. The van der Waals surface area contributed by atoms with Gasteiger partial charge in [0.2, 0.25) is 0 Å². The van der Waals surface area contributed by atoms with Crippen LogP contribution < -0.4 is 5.32 Å². The summed E-state index contributed by atoms with van der Waals surface area (Å²) in [5.41, 5.74) is 3.87. The van der Waals surface area contributed by atoms with Crippen LogP contribution in [0.3, 0.4) is 0 Å². The molecule has 1 aromatic heterocycles. The van der Waals surface area contributed by atoms with E-state index in [0.29, 0.717) is 5.92 Å². The lowest BCUT2D eigenvalue weighted by Crippen LogP contribution is -2.12. The second kappa shape index (κ2) is 6.35. The maximum absolute atomic E-state index is 4.54. The van der Waals surface area contributed by atoms with Crippen molar-refractivity contribution in [3.63, 3.8) is 0 Å². The molecule has 0 aliphatic heterocycles. The minimum atomic E-state index is 0.473. The number of halogens is 1. The van der Waals surface area contributed by atoms with E-state index >= 15 is 0 Å². The summed E-state index contributed by atoms with van der Waals surface area (Å²) in [5, 5.41) is 7.74. The summed E-state index contributed by atoms with van der Waals surface area (Å²) in [6.07, 6.45) is 1.98. The second-order valence-corrected chi connectivity index (χ2v) is 5.94. The van der Waals surface area contributed by atoms with Gasteiger partial charge in [0.05, 0.1) is 12.7 Å². The van der Waals surface area contributed by atoms with Gasteiger partial charge in [0.1, 0.15) is 0 Å². The smallest absolute Gasteiger partial charge is 0.0662 e. The first-order valence-electron chi connectivity index (χ1n) is 6.55. The topological polar surface area (TPSA) is 29.9 Å². The van der Waals surface area contributed by atoms with Crippen molar-refractivity contribution >= 4 is 15.9 Å². The predicted octanol–water partition coefficient (Wildman–Crippen LogP) is 3.54. The zero-order valence-electron chi connectivity index (χ0n) is 11.7. The Morgan fingerprint density at radius 1 is 1.26 bits per heavy atom. The minimum absolute atomic E-state index is 0.473. The van der Waals surface area contributed by atoms with Crippen molar-refractivity contribution in [2.75, 3.05) is 7.05 Å². The molecule has 0 amide bonds. The fraction of sp³-hybridized carbons (Fsp3) is 0.400. The Bertz CT molecular complexity index is 529. The molecule has 0 atom stereocenters. The highest BCUT2D eigenvalue weighted by molar-refractivity contribution is 9.10. The molecule has 0 aliphatic rings. The van der Waals surface area contributed by atoms with Gasteiger partial charge in [-0.25, -0.2) is 0 Å². The third-order valence-electron chi connectivity index (χ3n) is 3.12. The normalized spacial score (nSPS) is 11.2. The molecule has 1 N–H and O–H groups in total. The maximum Gasteiger partial charge on any atom is 0.0662 e. The molecular formula is C15H20BrN3. The molecule has 19 heavy (non-hydrogen) atoms. The average molecular weight is 322 g/mol. The summed E-state index contributed by atoms with van der Waals surface area (Å²) in [6, 6.07) is 8.41. The summed E-state index contributed by atoms with van der Waals surface area (Å²) in [4.78, 5) is 0. The standard InChI is InChI=1S/C15H20BrN3/c1-11(2)15-13(8-17-3)9-18-19(15)10-12-4-6-14(16)7-5-12/h4-7,9,11,17H,8,10H2,1-3H3. The molecular weight excluding hydrogens is 302 g/mol. The van der Waals surface area contributed by atoms with E-state index in [9.17, 15) is 0 Å². The van der Waals surface area contributed by atoms with Crippen LogP contribution >= 0.6 is 15.9 Å². The summed E-state index contributed by atoms with van der Waals surface area (Å²) in [7, 11) is 1.97. The first-order chi connectivity index (χ1) is 9.11. The molecule has 0 saturated carbocycles. The van der Waals surface area contributed by atoms with Gasteiger partial charge in [-0.1, -0.05) is 41.9 Å². The van der Waals surface area contributed by atoms with Crippen LogP contribution in [0.2, 0.25) is 0 Å². The number of nitrogens with one attached hydrogen (secondary N) is 1. The lowest BCUT2D eigenvalue weighted by atomic mass is 10.1. The van der Waals surface area contributed by atoms with Crippen molar-refractivity contribution in [3.8, 4) is 0 Å². The molecule has 0 bridgehead atoms. The largest absolute Gasteiger partial charge is 0.316 e. The molecule has 0 radical (unpaired) electrons. The average Bonchev–Trinajstić information content (AvgIpc) is 2.76. The minimum Gasteiger partial charge on any atom is -0.316 e. The van der Waals surface area contributed by atoms with Crippen LogP contribution in [0, 0.1) is 0 Å². The monoisotopic (exact) mass is 321 g/mol. The number of hydrogen-bond acceptors (Lipinski definition) is 2. The van der Waals surface area contributed by atoms with Crippen molar-refractivity contribution in [2.24, 2.45) is 0 Å². The van der Waals surface area contributed by atoms with Crippen molar-refractivity contribution in [2.45, 2.75) is 32.9 Å². The molecule has 1 heterocycles. The summed E-state index contributed by atoms with van der Waals surface area (Å²) >= 11 is 3.46. The van der Waals surface area contributed by atoms with Crippen molar-refractivity contribution in [1.82, 2.24) is 15.1 Å². The summed E-state index contributed by atoms with van der Waals surface area (Å²) in [6.45, 7) is 6.13. The lowest BCUT2D eigenvalue weighted by molar-refractivity contribution is 0.611. The van der Waals surface area contributed by atoms with Gasteiger partial charge in [0.15, 0.2) is 0 Å². The van der Waals surface area contributed by atoms with E-state index in [1.54, 1.807) is 0 Å². The number of rotatable bonds is 5. The fourth-order valence-electron chi connectivity index (χ4n) is 2.32. The Labute approximate surface area is 123 Å². The van der Waals surface area contributed by atoms with Gasteiger partial charge in [-0.2, -0.15) is 5.10 Å². The number of benzene rings is 1. The molecule has 0 fully saturated rings. The number of nitrogens with zero attached hydrogens (tertiary/aromatic N) is 2. The Morgan fingerprint density at radius 2 is 1.95 bits per heavy atom. The summed E-state index contributed by atoms with van der Waals surface area (Å²) in [5.74, 6) is 0.473. The highest BCUT2D eigenvalue weighted by Crippen LogP contribution is 2.21. The van der Waals surface area contributed by atoms with E-state index in [1.165, 1.54) is 16.8 Å². The van der Waals surface area contributed by atoms with E-state index in [1.807, 2.05) is 13.2 Å². The predicted molar refractivity (Wildman–Crippen MR) is 82.3 cm³/mol. The van der Waals surface area contributed by atoms with Gasteiger partial charge >= 0.3 is 0 Å². The van der Waals surface area contributed by atoms with Gasteiger partial charge in [0, 0.05) is 22.3 Å². The third-order valence-corrected chi connectivity index (χ3v) is 3.65. The van der Waals surface area contributed by atoms with Crippen LogP contribution in [0.25, 0.3) is 0 Å². The van der Waals surface area contributed by atoms with Crippen LogP contribution in [0.1, 0.15) is 36.6 Å². The molecule has 1 aromatic carbocycles. The number of aromatic nitrogens is 2. The third kappa shape index (κ3) is 3.45. The van der Waals surface area contributed by atoms with Crippen molar-refractivity contribution in [1.29, 1.82) is 0 Å². The summed E-state index contributed by atoms with van der Waals surface area (Å²) < 4.78 is 3.22. The fourth-order valence-corrected chi connectivity index (χ4v) is 2.58. The van der Waals surface area contributed by atoms with Gasteiger partial charge < -0.3 is 5.32 Å². The van der Waals surface area contributed by atoms with Crippen LogP contribution in [-0.4, -0.2) is 16.8 Å². The van der Waals surface area contributed by atoms with Gasteiger partial charge in [-0.3, -0.25) is 4.68 Å². The van der Waals surface area contributed by atoms with Crippen LogP contribution in [0.4, 0.5) is 0 Å². The zero-order chi connectivity index (χ0) is 13.8. The first kappa shape index (κ1) is 14.3. The van der Waals surface area contributed by atoms with E-state index < -0.39 is 0 Å². The Morgan fingerprint density at radius 3 is 2.53 bits per heavy atom. The first-order valence-corrected chi connectivity index (χ1v) is 7.34. The molecule has 4 heteroatoms. The van der Waals surface area contributed by atoms with Gasteiger partial charge in [-0.15, -0.1) is 0 Å². The highest BCUT2D eigenvalue weighted by Gasteiger charge is 2.13. The molecule has 0 unspecified atom stereocenters. The highest BCUT2D eigenvalue weighted by atomic mass is 79.9. The van der Waals surface area contributed by atoms with E-state index in [4.69, 9.17) is 0 Å². The molecule has 0 saturated heterocycles. The molecule has 102 valence electrons. The molecule has 3 nitrogen and oxygen atoms in total. The second-order valence-electron chi connectivity index (χ2n) is 5.02. The van der Waals surface area contributed by atoms with E-state index in [2.05, 4.69) is 69.1 Å². The Kier molecular flexibility index (Phi) is 4.77.